The van der Waals surface area contributed by atoms with Crippen molar-refractivity contribution in [2.75, 3.05) is 17.7 Å². The first-order valence-electron chi connectivity index (χ1n) is 8.54. The predicted molar refractivity (Wildman–Crippen MR) is 114 cm³/mol. The lowest BCUT2D eigenvalue weighted by Gasteiger charge is -2.17. The van der Waals surface area contributed by atoms with Gasteiger partial charge in [0, 0.05) is 22.2 Å². The van der Waals surface area contributed by atoms with Crippen molar-refractivity contribution in [1.29, 1.82) is 0 Å². The van der Waals surface area contributed by atoms with Gasteiger partial charge in [-0.3, -0.25) is 9.59 Å². The molecule has 0 aliphatic carbocycles. The van der Waals surface area contributed by atoms with Crippen molar-refractivity contribution in [2.45, 2.75) is 20.8 Å². The molecule has 0 fully saturated rings. The first-order chi connectivity index (χ1) is 13.1. The zero-order valence-corrected chi connectivity index (χ0v) is 17.6. The van der Waals surface area contributed by atoms with Gasteiger partial charge in [0.1, 0.15) is 11.4 Å². The van der Waals surface area contributed by atoms with Gasteiger partial charge in [-0.25, -0.2) is 0 Å². The SMILES string of the molecule is COc1ccc(NC(=O)C(=CC(=O)C(C)(C)C)Nc2ccc(Cl)cc2Cl)cc1. The largest absolute Gasteiger partial charge is 0.497 e. The molecule has 0 aromatic heterocycles. The Labute approximate surface area is 174 Å². The monoisotopic (exact) mass is 420 g/mol. The molecule has 2 rings (SSSR count). The number of ether oxygens (including phenoxy) is 1. The van der Waals surface area contributed by atoms with Crippen LogP contribution in [-0.2, 0) is 9.59 Å². The molecular formula is C21H22Cl2N2O3. The Kier molecular flexibility index (Phi) is 7.11. The standard InChI is InChI=1S/C21H22Cl2N2O3/c1-21(2,3)19(26)12-18(25-17-10-5-13(22)11-16(17)23)20(27)24-14-6-8-15(28-4)9-7-14/h5-12,25H,1-4H3,(H,24,27). The van der Waals surface area contributed by atoms with Crippen molar-refractivity contribution in [3.63, 3.8) is 0 Å². The number of benzene rings is 2. The average molecular weight is 421 g/mol. The van der Waals surface area contributed by atoms with Gasteiger partial charge in [-0.2, -0.15) is 0 Å². The third kappa shape index (κ3) is 6.01. The van der Waals surface area contributed by atoms with Crippen molar-refractivity contribution in [3.05, 3.63) is 64.3 Å². The molecule has 0 aliphatic heterocycles. The summed E-state index contributed by atoms with van der Waals surface area (Å²) in [5, 5.41) is 6.49. The minimum atomic E-state index is -0.642. The molecule has 0 saturated carbocycles. The maximum absolute atomic E-state index is 12.8. The highest BCUT2D eigenvalue weighted by molar-refractivity contribution is 6.36. The fourth-order valence-electron chi connectivity index (χ4n) is 2.11. The molecule has 0 aliphatic rings. The number of anilines is 2. The van der Waals surface area contributed by atoms with E-state index in [9.17, 15) is 9.59 Å². The Morgan fingerprint density at radius 2 is 1.64 bits per heavy atom. The summed E-state index contributed by atoms with van der Waals surface area (Å²) in [7, 11) is 1.56. The number of nitrogens with one attached hydrogen (secondary N) is 2. The molecule has 5 nitrogen and oxygen atoms in total. The van der Waals surface area contributed by atoms with E-state index in [1.54, 1.807) is 70.3 Å². The molecular weight excluding hydrogens is 399 g/mol. The average Bonchev–Trinajstić information content (AvgIpc) is 2.62. The van der Waals surface area contributed by atoms with E-state index in [-0.39, 0.29) is 11.5 Å². The van der Waals surface area contributed by atoms with Crippen molar-refractivity contribution < 1.29 is 14.3 Å². The van der Waals surface area contributed by atoms with Crippen LogP contribution >= 0.6 is 23.2 Å². The number of allylic oxidation sites excluding steroid dienone is 1. The highest BCUT2D eigenvalue weighted by atomic mass is 35.5. The van der Waals surface area contributed by atoms with E-state index in [1.165, 1.54) is 6.08 Å². The number of halogens is 2. The molecule has 0 atom stereocenters. The van der Waals surface area contributed by atoms with E-state index in [2.05, 4.69) is 10.6 Å². The van der Waals surface area contributed by atoms with Crippen LogP contribution in [0.25, 0.3) is 0 Å². The molecule has 2 N–H and O–H groups in total. The molecule has 0 bridgehead atoms. The number of rotatable bonds is 6. The van der Waals surface area contributed by atoms with Crippen LogP contribution in [0.15, 0.2) is 54.2 Å². The van der Waals surface area contributed by atoms with Gasteiger partial charge in [-0.1, -0.05) is 44.0 Å². The fraction of sp³-hybridized carbons (Fsp3) is 0.238. The number of ketones is 1. The number of methoxy groups -OCH3 is 1. The highest BCUT2D eigenvalue weighted by Gasteiger charge is 2.22. The second-order valence-electron chi connectivity index (χ2n) is 7.10. The lowest BCUT2D eigenvalue weighted by molar-refractivity contribution is -0.122. The summed E-state index contributed by atoms with van der Waals surface area (Å²) in [4.78, 5) is 25.3. The molecule has 2 aromatic carbocycles. The second-order valence-corrected chi connectivity index (χ2v) is 7.95. The van der Waals surface area contributed by atoms with Gasteiger partial charge < -0.3 is 15.4 Å². The Bertz CT molecular complexity index is 901. The van der Waals surface area contributed by atoms with Gasteiger partial charge in [-0.15, -0.1) is 0 Å². The Morgan fingerprint density at radius 1 is 1.00 bits per heavy atom. The van der Waals surface area contributed by atoms with Crippen LogP contribution in [0.1, 0.15) is 20.8 Å². The lowest BCUT2D eigenvalue weighted by Crippen LogP contribution is -2.24. The maximum atomic E-state index is 12.8. The maximum Gasteiger partial charge on any atom is 0.272 e. The van der Waals surface area contributed by atoms with Crippen molar-refractivity contribution in [2.24, 2.45) is 5.41 Å². The summed E-state index contributed by atoms with van der Waals surface area (Å²) < 4.78 is 5.11. The van der Waals surface area contributed by atoms with E-state index < -0.39 is 11.3 Å². The Morgan fingerprint density at radius 3 is 2.18 bits per heavy atom. The number of carbonyl (C=O) groups is 2. The smallest absolute Gasteiger partial charge is 0.272 e. The normalized spacial score (nSPS) is 11.7. The first-order valence-corrected chi connectivity index (χ1v) is 9.29. The summed E-state index contributed by atoms with van der Waals surface area (Å²) >= 11 is 12.1. The third-order valence-corrected chi connectivity index (χ3v) is 4.36. The highest BCUT2D eigenvalue weighted by Crippen LogP contribution is 2.27. The van der Waals surface area contributed by atoms with Crippen LogP contribution in [-0.4, -0.2) is 18.8 Å². The Balaban J connectivity index is 2.32. The van der Waals surface area contributed by atoms with Gasteiger partial charge >= 0.3 is 0 Å². The Hall–Kier alpha value is -2.50. The van der Waals surface area contributed by atoms with Gasteiger partial charge in [-0.05, 0) is 42.5 Å². The van der Waals surface area contributed by atoms with E-state index in [0.717, 1.165) is 0 Å². The van der Waals surface area contributed by atoms with Crippen LogP contribution in [0, 0.1) is 5.41 Å². The minimum absolute atomic E-state index is 0.0694. The first kappa shape index (κ1) is 21.8. The zero-order chi connectivity index (χ0) is 20.9. The lowest BCUT2D eigenvalue weighted by atomic mass is 9.90. The number of hydrogen-bond acceptors (Lipinski definition) is 4. The third-order valence-electron chi connectivity index (χ3n) is 3.81. The van der Waals surface area contributed by atoms with Gasteiger partial charge in [0.2, 0.25) is 0 Å². The van der Waals surface area contributed by atoms with Crippen LogP contribution in [0.2, 0.25) is 10.0 Å². The fourth-order valence-corrected chi connectivity index (χ4v) is 2.57. The zero-order valence-electron chi connectivity index (χ0n) is 16.1. The molecule has 0 saturated heterocycles. The predicted octanol–water partition coefficient (Wildman–Crippen LogP) is 5.55. The summed E-state index contributed by atoms with van der Waals surface area (Å²) in [6.45, 7) is 5.33. The number of amides is 1. The molecule has 2 aromatic rings. The van der Waals surface area contributed by atoms with Gasteiger partial charge in [0.15, 0.2) is 5.78 Å². The second kappa shape index (κ2) is 9.13. The summed E-state index contributed by atoms with van der Waals surface area (Å²) in [6.07, 6.45) is 1.28. The summed E-state index contributed by atoms with van der Waals surface area (Å²) in [5.74, 6) is -0.0125. The van der Waals surface area contributed by atoms with Crippen molar-refractivity contribution in [3.8, 4) is 5.75 Å². The van der Waals surface area contributed by atoms with Crippen molar-refractivity contribution in [1.82, 2.24) is 0 Å². The van der Waals surface area contributed by atoms with Crippen LogP contribution < -0.4 is 15.4 Å². The molecule has 0 radical (unpaired) electrons. The molecule has 28 heavy (non-hydrogen) atoms. The molecule has 1 amide bonds. The molecule has 0 heterocycles. The number of hydrogen-bond donors (Lipinski definition) is 2. The van der Waals surface area contributed by atoms with Crippen LogP contribution in [0.3, 0.4) is 0 Å². The van der Waals surface area contributed by atoms with Crippen LogP contribution in [0.4, 0.5) is 11.4 Å². The van der Waals surface area contributed by atoms with Crippen molar-refractivity contribution >= 4 is 46.3 Å². The molecule has 148 valence electrons. The molecule has 0 spiro atoms. The number of carbonyl (C=O) groups excluding carboxylic acids is 2. The van der Waals surface area contributed by atoms with E-state index in [0.29, 0.717) is 27.2 Å². The topological polar surface area (TPSA) is 67.4 Å². The van der Waals surface area contributed by atoms with E-state index in [1.807, 2.05) is 0 Å². The van der Waals surface area contributed by atoms with Crippen LogP contribution in [0.5, 0.6) is 5.75 Å². The van der Waals surface area contributed by atoms with E-state index in [4.69, 9.17) is 27.9 Å². The summed E-state index contributed by atoms with van der Waals surface area (Å²) in [6, 6.07) is 11.7. The molecule has 7 heteroatoms. The van der Waals surface area contributed by atoms with E-state index >= 15 is 0 Å². The molecule has 0 unspecified atom stereocenters. The minimum Gasteiger partial charge on any atom is -0.497 e. The summed E-state index contributed by atoms with van der Waals surface area (Å²) in [5.41, 5.74) is 0.449. The quantitative estimate of drug-likeness (QED) is 0.600. The van der Waals surface area contributed by atoms with Gasteiger partial charge in [0.05, 0.1) is 17.8 Å². The van der Waals surface area contributed by atoms with Gasteiger partial charge in [0.25, 0.3) is 5.91 Å².